The van der Waals surface area contributed by atoms with Crippen molar-refractivity contribution in [2.75, 3.05) is 23.9 Å². The Balaban J connectivity index is 1.78. The van der Waals surface area contributed by atoms with Crippen molar-refractivity contribution in [3.63, 3.8) is 0 Å². The molecule has 34 heavy (non-hydrogen) atoms. The van der Waals surface area contributed by atoms with Crippen LogP contribution >= 0.6 is 15.9 Å². The molecule has 0 saturated carbocycles. The lowest BCUT2D eigenvalue weighted by Crippen LogP contribution is -2.32. The van der Waals surface area contributed by atoms with Gasteiger partial charge in [0.2, 0.25) is 5.96 Å². The van der Waals surface area contributed by atoms with E-state index in [0.29, 0.717) is 35.1 Å². The molecule has 0 saturated heterocycles. The second-order valence-corrected chi connectivity index (χ2v) is 8.15. The van der Waals surface area contributed by atoms with Gasteiger partial charge in [-0.3, -0.25) is 5.32 Å². The van der Waals surface area contributed by atoms with Crippen molar-refractivity contribution in [3.05, 3.63) is 69.2 Å². The summed E-state index contributed by atoms with van der Waals surface area (Å²) in [5, 5.41) is 24.0. The first-order valence-electron chi connectivity index (χ1n) is 9.99. The van der Waals surface area contributed by atoms with Crippen LogP contribution in [0.3, 0.4) is 0 Å². The van der Waals surface area contributed by atoms with Crippen molar-refractivity contribution >= 4 is 39.2 Å². The Labute approximate surface area is 204 Å². The Morgan fingerprint density at radius 2 is 2.00 bits per heavy atom. The van der Waals surface area contributed by atoms with E-state index in [9.17, 15) is 5.26 Å². The number of nitriles is 2. The summed E-state index contributed by atoms with van der Waals surface area (Å²) in [6, 6.07) is 14.4. The lowest BCUT2D eigenvalue weighted by molar-refractivity contribution is 0.284. The van der Waals surface area contributed by atoms with Crippen LogP contribution in [0, 0.1) is 22.8 Å². The van der Waals surface area contributed by atoms with Gasteiger partial charge in [-0.1, -0.05) is 34.1 Å². The van der Waals surface area contributed by atoms with Crippen LogP contribution in [-0.2, 0) is 6.61 Å². The number of nitrogen functional groups attached to an aromatic ring is 2. The second kappa shape index (κ2) is 9.57. The summed E-state index contributed by atoms with van der Waals surface area (Å²) in [5.74, 6) is 1.49. The zero-order chi connectivity index (χ0) is 24.2. The van der Waals surface area contributed by atoms with Crippen molar-refractivity contribution in [1.29, 1.82) is 10.5 Å². The number of halogens is 1. The number of guanidine groups is 1. The summed E-state index contributed by atoms with van der Waals surface area (Å²) < 4.78 is 12.5. The number of methoxy groups -OCH3 is 1. The van der Waals surface area contributed by atoms with Crippen LogP contribution in [-0.4, -0.2) is 18.1 Å². The van der Waals surface area contributed by atoms with Crippen molar-refractivity contribution in [1.82, 2.24) is 10.3 Å². The van der Waals surface area contributed by atoms with Gasteiger partial charge in [-0.15, -0.1) is 0 Å². The topological polar surface area (TPSA) is 167 Å². The molecule has 10 nitrogen and oxygen atoms in total. The van der Waals surface area contributed by atoms with Gasteiger partial charge < -0.3 is 26.3 Å². The zero-order valence-corrected chi connectivity index (χ0v) is 19.5. The standard InChI is InChI=1S/C23H19BrN8O2/c1-33-16-6-5-13(8-17(16)34-10-12-3-2-4-14(24)7-12)20-18-19(27)15(9-25)21(28)31-22(18)32-23(30-20)29-11-26/h2-8,20H,10H2,1H3,(H6,27,28,29,30,31,32). The van der Waals surface area contributed by atoms with Crippen molar-refractivity contribution in [2.45, 2.75) is 12.6 Å². The molecule has 6 N–H and O–H groups in total. The van der Waals surface area contributed by atoms with E-state index in [-0.39, 0.29) is 23.0 Å². The summed E-state index contributed by atoms with van der Waals surface area (Å²) in [6.45, 7) is 0.311. The molecule has 1 aliphatic rings. The number of hydrogen-bond acceptors (Lipinski definition) is 10. The number of anilines is 3. The molecule has 2 heterocycles. The molecule has 0 spiro atoms. The predicted octanol–water partition coefficient (Wildman–Crippen LogP) is 3.41. The maximum atomic E-state index is 9.50. The molecule has 0 aliphatic carbocycles. The van der Waals surface area contributed by atoms with Gasteiger partial charge in [-0.2, -0.15) is 10.5 Å². The molecule has 0 fully saturated rings. The summed E-state index contributed by atoms with van der Waals surface area (Å²) in [6.07, 6.45) is 1.83. The first kappa shape index (κ1) is 22.7. The van der Waals surface area contributed by atoms with Gasteiger partial charge in [0.05, 0.1) is 12.8 Å². The van der Waals surface area contributed by atoms with E-state index in [2.05, 4.69) is 36.5 Å². The van der Waals surface area contributed by atoms with E-state index in [1.54, 1.807) is 25.3 Å². The Kier molecular flexibility index (Phi) is 6.39. The molecule has 0 bridgehead atoms. The maximum Gasteiger partial charge on any atom is 0.211 e. The van der Waals surface area contributed by atoms with Gasteiger partial charge in [0.1, 0.15) is 35.9 Å². The minimum atomic E-state index is -0.688. The Hall–Kier alpha value is -4.48. The zero-order valence-electron chi connectivity index (χ0n) is 18.0. The van der Waals surface area contributed by atoms with Crippen molar-refractivity contribution < 1.29 is 9.47 Å². The number of nitrogens with zero attached hydrogens (tertiary/aromatic N) is 4. The van der Waals surface area contributed by atoms with Crippen LogP contribution in [0.2, 0.25) is 0 Å². The summed E-state index contributed by atoms with van der Waals surface area (Å²) in [4.78, 5) is 8.84. The molecule has 4 rings (SSSR count). The van der Waals surface area contributed by atoms with Crippen LogP contribution in [0.1, 0.15) is 28.3 Å². The Morgan fingerprint density at radius 3 is 2.71 bits per heavy atom. The third-order valence-corrected chi connectivity index (χ3v) is 5.64. The highest BCUT2D eigenvalue weighted by atomic mass is 79.9. The van der Waals surface area contributed by atoms with Gasteiger partial charge in [0, 0.05) is 10.0 Å². The number of nitrogens with two attached hydrogens (primary N) is 2. The number of aliphatic imine (C=N–C) groups is 1. The minimum Gasteiger partial charge on any atom is -0.493 e. The van der Waals surface area contributed by atoms with E-state index in [1.807, 2.05) is 36.5 Å². The van der Waals surface area contributed by atoms with Crippen LogP contribution < -0.4 is 31.6 Å². The van der Waals surface area contributed by atoms with E-state index in [4.69, 9.17) is 26.2 Å². The molecule has 1 unspecified atom stereocenters. The molecule has 0 radical (unpaired) electrons. The number of rotatable bonds is 5. The molecular weight excluding hydrogens is 500 g/mol. The van der Waals surface area contributed by atoms with Gasteiger partial charge in [-0.25, -0.2) is 9.98 Å². The van der Waals surface area contributed by atoms with E-state index >= 15 is 0 Å². The van der Waals surface area contributed by atoms with Gasteiger partial charge in [0.15, 0.2) is 17.7 Å². The molecule has 0 amide bonds. The van der Waals surface area contributed by atoms with Gasteiger partial charge in [-0.05, 0) is 35.4 Å². The monoisotopic (exact) mass is 518 g/mol. The smallest absolute Gasteiger partial charge is 0.211 e. The summed E-state index contributed by atoms with van der Waals surface area (Å²) in [7, 11) is 1.55. The van der Waals surface area contributed by atoms with Crippen LogP contribution in [0.15, 0.2) is 51.9 Å². The molecule has 1 atom stereocenters. The Morgan fingerprint density at radius 1 is 1.18 bits per heavy atom. The van der Waals surface area contributed by atoms with Crippen molar-refractivity contribution in [3.8, 4) is 23.8 Å². The fraction of sp³-hybridized carbons (Fsp3) is 0.130. The SMILES string of the molecule is COc1ccc(C2N=C(NC#N)Nc3nc(N)c(C#N)c(N)c32)cc1OCc1cccc(Br)c1. The molecule has 2 aromatic carbocycles. The van der Waals surface area contributed by atoms with E-state index in [0.717, 1.165) is 10.0 Å². The number of aromatic nitrogens is 1. The second-order valence-electron chi connectivity index (χ2n) is 7.23. The highest BCUT2D eigenvalue weighted by Crippen LogP contribution is 2.42. The number of hydrogen-bond donors (Lipinski definition) is 4. The maximum absolute atomic E-state index is 9.50. The number of pyridine rings is 1. The number of nitrogens with one attached hydrogen (secondary N) is 2. The van der Waals surface area contributed by atoms with E-state index < -0.39 is 6.04 Å². The lowest BCUT2D eigenvalue weighted by Gasteiger charge is -2.26. The van der Waals surface area contributed by atoms with Gasteiger partial charge >= 0.3 is 0 Å². The van der Waals surface area contributed by atoms with Crippen LogP contribution in [0.4, 0.5) is 17.3 Å². The molecule has 1 aliphatic heterocycles. The molecule has 170 valence electrons. The molecule has 11 heteroatoms. The quantitative estimate of drug-likeness (QED) is 0.292. The highest BCUT2D eigenvalue weighted by molar-refractivity contribution is 9.10. The first-order valence-corrected chi connectivity index (χ1v) is 10.8. The first-order chi connectivity index (χ1) is 16.4. The normalized spacial score (nSPS) is 14.0. The summed E-state index contributed by atoms with van der Waals surface area (Å²) in [5.41, 5.74) is 14.6. The fourth-order valence-electron chi connectivity index (χ4n) is 3.59. The third kappa shape index (κ3) is 4.37. The highest BCUT2D eigenvalue weighted by Gasteiger charge is 2.30. The molecule has 1 aromatic heterocycles. The predicted molar refractivity (Wildman–Crippen MR) is 131 cm³/mol. The molecule has 3 aromatic rings. The number of fused-ring (bicyclic) bond motifs is 1. The lowest BCUT2D eigenvalue weighted by atomic mass is 9.95. The Bertz CT molecular complexity index is 1380. The largest absolute Gasteiger partial charge is 0.493 e. The number of ether oxygens (including phenoxy) is 2. The summed E-state index contributed by atoms with van der Waals surface area (Å²) >= 11 is 3.46. The third-order valence-electron chi connectivity index (χ3n) is 5.14. The minimum absolute atomic E-state index is 0.0176. The average Bonchev–Trinajstić information content (AvgIpc) is 2.82. The fourth-order valence-corrected chi connectivity index (χ4v) is 4.03. The van der Waals surface area contributed by atoms with Crippen LogP contribution in [0.5, 0.6) is 11.5 Å². The van der Waals surface area contributed by atoms with Gasteiger partial charge in [0.25, 0.3) is 0 Å². The average molecular weight is 519 g/mol. The van der Waals surface area contributed by atoms with Crippen molar-refractivity contribution in [2.24, 2.45) is 4.99 Å². The van der Waals surface area contributed by atoms with Crippen LogP contribution in [0.25, 0.3) is 0 Å². The molecular formula is C23H19BrN8O2. The number of benzene rings is 2. The van der Waals surface area contributed by atoms with E-state index in [1.165, 1.54) is 0 Å².